The monoisotopic (exact) mass is 356 g/mol. The maximum atomic E-state index is 11.9. The van der Waals surface area contributed by atoms with E-state index in [0.29, 0.717) is 4.99 Å². The number of hydrogen-bond donors (Lipinski definition) is 2. The van der Waals surface area contributed by atoms with Gasteiger partial charge in [-0.05, 0) is 34.5 Å². The van der Waals surface area contributed by atoms with Crippen molar-refractivity contribution in [2.45, 2.75) is 18.1 Å². The minimum atomic E-state index is -3.47. The Morgan fingerprint density at radius 3 is 2.71 bits per heavy atom. The van der Waals surface area contributed by atoms with Gasteiger partial charge in [-0.3, -0.25) is 0 Å². The van der Waals surface area contributed by atoms with Crippen molar-refractivity contribution >= 4 is 54.5 Å². The van der Waals surface area contributed by atoms with Gasteiger partial charge in [-0.25, -0.2) is 13.1 Å². The lowest BCUT2D eigenvalue weighted by Crippen LogP contribution is -2.33. The fourth-order valence-electron chi connectivity index (χ4n) is 0.971. The summed E-state index contributed by atoms with van der Waals surface area (Å²) in [5, 5.41) is 0. The van der Waals surface area contributed by atoms with Crippen molar-refractivity contribution in [3.05, 3.63) is 15.4 Å². The van der Waals surface area contributed by atoms with Gasteiger partial charge in [0.15, 0.2) is 0 Å². The van der Waals surface area contributed by atoms with Crippen LogP contribution < -0.4 is 10.5 Å². The molecule has 0 amide bonds. The number of hydrogen-bond acceptors (Lipinski definition) is 4. The number of sulfonamides is 1. The summed E-state index contributed by atoms with van der Waals surface area (Å²) in [6.07, 6.45) is 0. The quantitative estimate of drug-likeness (QED) is 0.791. The van der Waals surface area contributed by atoms with Gasteiger partial charge in [0.25, 0.3) is 0 Å². The molecule has 17 heavy (non-hydrogen) atoms. The van der Waals surface area contributed by atoms with Crippen LogP contribution in [0.25, 0.3) is 0 Å². The Balaban J connectivity index is 2.79. The van der Waals surface area contributed by atoms with Crippen molar-refractivity contribution in [3.63, 3.8) is 0 Å². The van der Waals surface area contributed by atoms with E-state index in [1.807, 2.05) is 6.92 Å². The molecule has 4 nitrogen and oxygen atoms in total. The first-order valence-electron chi connectivity index (χ1n) is 4.79. The summed E-state index contributed by atoms with van der Waals surface area (Å²) in [5.74, 6) is -0.163. The number of nitrogens with one attached hydrogen (secondary N) is 1. The molecule has 1 aromatic heterocycles. The Labute approximate surface area is 119 Å². The molecule has 3 N–H and O–H groups in total. The fourth-order valence-corrected chi connectivity index (χ4v) is 4.45. The number of thiocarbonyl (C=S) groups is 1. The second-order valence-electron chi connectivity index (χ2n) is 3.68. The average Bonchev–Trinajstić information content (AvgIpc) is 2.56. The van der Waals surface area contributed by atoms with Gasteiger partial charge < -0.3 is 5.73 Å². The summed E-state index contributed by atoms with van der Waals surface area (Å²) in [6.45, 7) is 3.84. The largest absolute Gasteiger partial charge is 0.393 e. The molecule has 96 valence electrons. The minimum absolute atomic E-state index is 0.163. The number of halogens is 1. The van der Waals surface area contributed by atoms with E-state index in [2.05, 4.69) is 20.7 Å². The molecule has 0 saturated heterocycles. The van der Waals surface area contributed by atoms with Gasteiger partial charge in [0.2, 0.25) is 10.0 Å². The third-order valence-electron chi connectivity index (χ3n) is 2.16. The Hall–Kier alpha value is -0.0200. The summed E-state index contributed by atoms with van der Waals surface area (Å²) < 4.78 is 27.4. The van der Waals surface area contributed by atoms with E-state index in [9.17, 15) is 8.42 Å². The Morgan fingerprint density at radius 2 is 2.29 bits per heavy atom. The third kappa shape index (κ3) is 3.99. The smallest absolute Gasteiger partial charge is 0.250 e. The molecule has 0 aromatic carbocycles. The van der Waals surface area contributed by atoms with Crippen molar-refractivity contribution in [2.24, 2.45) is 11.7 Å². The highest BCUT2D eigenvalue weighted by Crippen LogP contribution is 2.30. The zero-order valence-corrected chi connectivity index (χ0v) is 13.4. The standard InChI is InChI=1S/C9H13BrN2O2S3/c1-5-3-7(16-8(5)10)17(13,14)12-4-6(2)9(11)15/h3,6,12H,4H2,1-2H3,(H2,11,15). The van der Waals surface area contributed by atoms with Crippen LogP contribution in [-0.2, 0) is 10.0 Å². The topological polar surface area (TPSA) is 72.2 Å². The summed E-state index contributed by atoms with van der Waals surface area (Å²) in [5.41, 5.74) is 6.32. The zero-order chi connectivity index (χ0) is 13.2. The summed E-state index contributed by atoms with van der Waals surface area (Å²) in [4.78, 5) is 0.302. The highest BCUT2D eigenvalue weighted by atomic mass is 79.9. The molecule has 0 aliphatic rings. The molecule has 0 saturated carbocycles. The van der Waals surface area contributed by atoms with E-state index >= 15 is 0 Å². The van der Waals surface area contributed by atoms with Crippen LogP contribution >= 0.6 is 39.5 Å². The lowest BCUT2D eigenvalue weighted by atomic mass is 10.2. The molecule has 1 rings (SSSR count). The van der Waals surface area contributed by atoms with Crippen molar-refractivity contribution in [2.75, 3.05) is 6.54 Å². The van der Waals surface area contributed by atoms with Gasteiger partial charge in [0.05, 0.1) is 8.77 Å². The summed E-state index contributed by atoms with van der Waals surface area (Å²) in [7, 11) is -3.47. The van der Waals surface area contributed by atoms with Crippen molar-refractivity contribution in [1.29, 1.82) is 0 Å². The summed E-state index contributed by atoms with van der Waals surface area (Å²) >= 11 is 9.27. The first-order valence-corrected chi connectivity index (χ1v) is 8.29. The summed E-state index contributed by atoms with van der Waals surface area (Å²) in [6, 6.07) is 1.63. The van der Waals surface area contributed by atoms with Crippen molar-refractivity contribution in [3.8, 4) is 0 Å². The van der Waals surface area contributed by atoms with Crippen LogP contribution in [0.2, 0.25) is 0 Å². The van der Waals surface area contributed by atoms with E-state index in [1.165, 1.54) is 11.3 Å². The van der Waals surface area contributed by atoms with E-state index in [-0.39, 0.29) is 16.7 Å². The SMILES string of the molecule is Cc1cc(S(=O)(=O)NCC(C)C(N)=S)sc1Br. The molecule has 0 aliphatic heterocycles. The van der Waals surface area contributed by atoms with E-state index < -0.39 is 10.0 Å². The minimum Gasteiger partial charge on any atom is -0.393 e. The van der Waals surface area contributed by atoms with Gasteiger partial charge in [-0.15, -0.1) is 11.3 Å². The molecule has 0 aliphatic carbocycles. The second-order valence-corrected chi connectivity index (χ2v) is 8.51. The predicted octanol–water partition coefficient (Wildman–Crippen LogP) is 2.02. The van der Waals surface area contributed by atoms with Crippen LogP contribution in [0, 0.1) is 12.8 Å². The van der Waals surface area contributed by atoms with Gasteiger partial charge in [0.1, 0.15) is 4.21 Å². The van der Waals surface area contributed by atoms with Crippen LogP contribution in [0.4, 0.5) is 0 Å². The lowest BCUT2D eigenvalue weighted by molar-refractivity contribution is 0.577. The molecular formula is C9H13BrN2O2S3. The highest BCUT2D eigenvalue weighted by Gasteiger charge is 2.19. The van der Waals surface area contributed by atoms with E-state index in [4.69, 9.17) is 18.0 Å². The normalized spacial score (nSPS) is 13.6. The number of nitrogens with two attached hydrogens (primary N) is 1. The lowest BCUT2D eigenvalue weighted by Gasteiger charge is -2.10. The van der Waals surface area contributed by atoms with Gasteiger partial charge in [-0.2, -0.15) is 0 Å². The highest BCUT2D eigenvalue weighted by molar-refractivity contribution is 9.11. The molecule has 1 heterocycles. The molecule has 0 radical (unpaired) electrons. The average molecular weight is 357 g/mol. The number of thiophene rings is 1. The molecule has 1 aromatic rings. The van der Waals surface area contributed by atoms with Crippen LogP contribution in [0.3, 0.4) is 0 Å². The molecule has 0 fully saturated rings. The maximum Gasteiger partial charge on any atom is 0.250 e. The first-order chi connectivity index (χ1) is 7.74. The molecule has 0 bridgehead atoms. The zero-order valence-electron chi connectivity index (χ0n) is 9.36. The predicted molar refractivity (Wildman–Crippen MR) is 77.9 cm³/mol. The molecule has 8 heteroatoms. The molecule has 1 unspecified atom stereocenters. The maximum absolute atomic E-state index is 11.9. The van der Waals surface area contributed by atoms with Gasteiger partial charge in [-0.1, -0.05) is 19.1 Å². The van der Waals surface area contributed by atoms with Gasteiger partial charge in [0, 0.05) is 12.5 Å². The van der Waals surface area contributed by atoms with Crippen molar-refractivity contribution in [1.82, 2.24) is 4.72 Å². The van der Waals surface area contributed by atoms with Crippen LogP contribution in [-0.4, -0.2) is 20.0 Å². The first kappa shape index (κ1) is 15.0. The van der Waals surface area contributed by atoms with Crippen LogP contribution in [0.1, 0.15) is 12.5 Å². The van der Waals surface area contributed by atoms with E-state index in [0.717, 1.165) is 9.35 Å². The van der Waals surface area contributed by atoms with Crippen LogP contribution in [0.15, 0.2) is 14.1 Å². The number of aryl methyl sites for hydroxylation is 1. The Morgan fingerprint density at radius 1 is 1.71 bits per heavy atom. The van der Waals surface area contributed by atoms with Crippen molar-refractivity contribution < 1.29 is 8.42 Å². The van der Waals surface area contributed by atoms with E-state index in [1.54, 1.807) is 13.0 Å². The Bertz CT molecular complexity index is 505. The molecular weight excluding hydrogens is 344 g/mol. The molecule has 1 atom stereocenters. The number of rotatable bonds is 5. The molecule has 0 spiro atoms. The second kappa shape index (κ2) is 5.75. The fraction of sp³-hybridized carbons (Fsp3) is 0.444. The Kier molecular flexibility index (Phi) is 5.08. The van der Waals surface area contributed by atoms with Gasteiger partial charge >= 0.3 is 0 Å². The van der Waals surface area contributed by atoms with Crippen LogP contribution in [0.5, 0.6) is 0 Å². The third-order valence-corrected chi connectivity index (χ3v) is 6.60.